The maximum atomic E-state index is 10.3. The predicted octanol–water partition coefficient (Wildman–Crippen LogP) is 13.0. The summed E-state index contributed by atoms with van der Waals surface area (Å²) in [6, 6.07) is 60.2. The van der Waals surface area contributed by atoms with Crippen LogP contribution in [-0.2, 0) is 0 Å². The van der Waals surface area contributed by atoms with Crippen LogP contribution in [0.2, 0.25) is 0 Å². The molecule has 3 heteroatoms. The lowest BCUT2D eigenvalue weighted by Gasteiger charge is -2.15. The number of benzene rings is 7. The van der Waals surface area contributed by atoms with Gasteiger partial charge >= 0.3 is 0 Å². The molecule has 0 aliphatic rings. The van der Waals surface area contributed by atoms with Gasteiger partial charge in [0.1, 0.15) is 0 Å². The first-order valence-electron chi connectivity index (χ1n) is 15.5. The van der Waals surface area contributed by atoms with Crippen molar-refractivity contribution in [2.45, 2.75) is 22.3 Å². The fraction of sp³-hybridized carbons (Fsp3) is 0.0652. The minimum atomic E-state index is 0. The van der Waals surface area contributed by atoms with Crippen molar-refractivity contribution in [1.82, 2.24) is 9.13 Å². The highest BCUT2D eigenvalue weighted by atomic mass is 15.0. The van der Waals surface area contributed by atoms with Crippen LogP contribution in [0.15, 0.2) is 164 Å². The Bertz CT molecular complexity index is 2540. The van der Waals surface area contributed by atoms with Gasteiger partial charge in [-0.3, -0.25) is 0 Å². The summed E-state index contributed by atoms with van der Waals surface area (Å²) < 4.78 is 4.65. The fourth-order valence-corrected chi connectivity index (χ4v) is 7.08. The van der Waals surface area contributed by atoms with Crippen molar-refractivity contribution >= 4 is 43.6 Å². The van der Waals surface area contributed by atoms with Crippen molar-refractivity contribution in [3.63, 3.8) is 0 Å². The molecule has 0 atom stereocenters. The van der Waals surface area contributed by atoms with E-state index in [9.17, 15) is 5.26 Å². The zero-order chi connectivity index (χ0) is 30.6. The first-order valence-corrected chi connectivity index (χ1v) is 15.5. The van der Waals surface area contributed by atoms with Crippen molar-refractivity contribution in [3.05, 3.63) is 169 Å². The van der Waals surface area contributed by atoms with Gasteiger partial charge in [0.25, 0.3) is 0 Å². The average Bonchev–Trinajstić information content (AvgIpc) is 3.65. The molecule has 0 unspecified atom stereocenters. The molecule has 0 fully saturated rings. The first-order chi connectivity index (χ1) is 22.8. The van der Waals surface area contributed by atoms with Gasteiger partial charge in [0, 0.05) is 32.9 Å². The fourth-order valence-electron chi connectivity index (χ4n) is 7.08. The molecule has 238 valence electrons. The quantitative estimate of drug-likeness (QED) is 0.190. The van der Waals surface area contributed by atoms with Gasteiger partial charge < -0.3 is 9.13 Å². The van der Waals surface area contributed by atoms with E-state index >= 15 is 0 Å². The highest BCUT2D eigenvalue weighted by Crippen LogP contribution is 2.38. The minimum Gasteiger partial charge on any atom is -0.309 e. The van der Waals surface area contributed by atoms with Crippen molar-refractivity contribution < 1.29 is 0 Å². The molecule has 0 aliphatic carbocycles. The Labute approximate surface area is 288 Å². The van der Waals surface area contributed by atoms with Crippen LogP contribution in [0.5, 0.6) is 0 Å². The average molecular weight is 634 g/mol. The standard InChI is InChI=1S/C43H27N3.3CH4/c44-28-29-22-31(25-34(23-29)45-40-18-8-4-14-36(40)37-15-5-9-19-41(37)45)33-24-32(30-12-2-1-3-13-30)26-35(27-33)46-42-20-10-6-16-38(42)39-17-7-11-21-43(39)46;;;/h1-27H;3*1H4. The van der Waals surface area contributed by atoms with Crippen LogP contribution in [0.1, 0.15) is 27.8 Å². The van der Waals surface area contributed by atoms with Crippen LogP contribution >= 0.6 is 0 Å². The largest absolute Gasteiger partial charge is 0.309 e. The molecule has 3 nitrogen and oxygen atoms in total. The molecule has 49 heavy (non-hydrogen) atoms. The molecular formula is C46H39N3. The third-order valence-corrected chi connectivity index (χ3v) is 9.08. The van der Waals surface area contributed by atoms with Crippen molar-refractivity contribution in [1.29, 1.82) is 5.26 Å². The summed E-state index contributed by atoms with van der Waals surface area (Å²) in [5.74, 6) is 0. The van der Waals surface area contributed by atoms with Gasteiger partial charge in [0.2, 0.25) is 0 Å². The van der Waals surface area contributed by atoms with Crippen LogP contribution in [0.4, 0.5) is 0 Å². The van der Waals surface area contributed by atoms with Gasteiger partial charge in [0.15, 0.2) is 0 Å². The second-order valence-electron chi connectivity index (χ2n) is 11.8. The molecule has 0 aliphatic heterocycles. The number of hydrogen-bond acceptors (Lipinski definition) is 1. The molecule has 0 amide bonds. The van der Waals surface area contributed by atoms with Crippen LogP contribution < -0.4 is 0 Å². The molecule has 0 saturated heterocycles. The number of nitrogens with zero attached hydrogens (tertiary/aromatic N) is 3. The molecule has 9 rings (SSSR count). The van der Waals surface area contributed by atoms with E-state index < -0.39 is 0 Å². The van der Waals surface area contributed by atoms with E-state index in [1.807, 2.05) is 12.1 Å². The summed E-state index contributed by atoms with van der Waals surface area (Å²) in [6.07, 6.45) is 0. The van der Waals surface area contributed by atoms with Crippen molar-refractivity contribution in [3.8, 4) is 39.7 Å². The maximum absolute atomic E-state index is 10.3. The van der Waals surface area contributed by atoms with Gasteiger partial charge in [-0.25, -0.2) is 0 Å². The van der Waals surface area contributed by atoms with Gasteiger partial charge in [0.05, 0.1) is 33.7 Å². The number of fused-ring (bicyclic) bond motifs is 6. The van der Waals surface area contributed by atoms with Gasteiger partial charge in [-0.1, -0.05) is 125 Å². The van der Waals surface area contributed by atoms with E-state index in [1.165, 1.54) is 21.5 Å². The van der Waals surface area contributed by atoms with E-state index in [0.717, 1.165) is 55.7 Å². The molecule has 2 aromatic heterocycles. The lowest BCUT2D eigenvalue weighted by atomic mass is 9.96. The van der Waals surface area contributed by atoms with E-state index in [0.29, 0.717) is 5.56 Å². The molecule has 0 saturated carbocycles. The van der Waals surface area contributed by atoms with E-state index in [-0.39, 0.29) is 22.3 Å². The Morgan fingerprint density at radius 3 is 1.12 bits per heavy atom. The van der Waals surface area contributed by atoms with E-state index in [4.69, 9.17) is 0 Å². The SMILES string of the molecule is C.C.C.N#Cc1cc(-c2cc(-c3ccccc3)cc(-n3c4ccccc4c4ccccc43)c2)cc(-n2c3ccccc3c3ccccc32)c1. The highest BCUT2D eigenvalue weighted by molar-refractivity contribution is 6.10. The number of para-hydroxylation sites is 4. The van der Waals surface area contributed by atoms with E-state index in [1.54, 1.807) is 0 Å². The Morgan fingerprint density at radius 1 is 0.347 bits per heavy atom. The Morgan fingerprint density at radius 2 is 0.694 bits per heavy atom. The molecule has 9 aromatic rings. The van der Waals surface area contributed by atoms with Crippen molar-refractivity contribution in [2.24, 2.45) is 0 Å². The lowest BCUT2D eigenvalue weighted by molar-refractivity contribution is 1.17. The Kier molecular flexibility index (Phi) is 8.66. The molecule has 0 bridgehead atoms. The molecule has 0 radical (unpaired) electrons. The lowest BCUT2D eigenvalue weighted by Crippen LogP contribution is -1.98. The number of aromatic nitrogens is 2. The zero-order valence-electron chi connectivity index (χ0n) is 24.9. The minimum absolute atomic E-state index is 0. The predicted molar refractivity (Wildman–Crippen MR) is 211 cm³/mol. The van der Waals surface area contributed by atoms with Crippen LogP contribution in [0, 0.1) is 11.3 Å². The van der Waals surface area contributed by atoms with Crippen LogP contribution in [-0.4, -0.2) is 9.13 Å². The second-order valence-corrected chi connectivity index (χ2v) is 11.8. The number of nitriles is 1. The first kappa shape index (κ1) is 32.6. The Balaban J connectivity index is 0.00000139. The molecule has 7 aromatic carbocycles. The third kappa shape index (κ3) is 5.25. The second kappa shape index (κ2) is 13.0. The van der Waals surface area contributed by atoms with E-state index in [2.05, 4.69) is 167 Å². The summed E-state index contributed by atoms with van der Waals surface area (Å²) in [5, 5.41) is 15.1. The summed E-state index contributed by atoms with van der Waals surface area (Å²) >= 11 is 0. The van der Waals surface area contributed by atoms with Gasteiger partial charge in [-0.2, -0.15) is 5.26 Å². The van der Waals surface area contributed by atoms with Gasteiger partial charge in [-0.15, -0.1) is 0 Å². The summed E-state index contributed by atoms with van der Waals surface area (Å²) in [7, 11) is 0. The monoisotopic (exact) mass is 633 g/mol. The summed E-state index contributed by atoms with van der Waals surface area (Å²) in [5.41, 5.74) is 11.5. The molecule has 0 spiro atoms. The summed E-state index contributed by atoms with van der Waals surface area (Å²) in [6.45, 7) is 0. The molecule has 0 N–H and O–H groups in total. The Hall–Kier alpha value is -6.37. The zero-order valence-corrected chi connectivity index (χ0v) is 24.9. The molecule has 2 heterocycles. The van der Waals surface area contributed by atoms with Crippen LogP contribution in [0.3, 0.4) is 0 Å². The third-order valence-electron chi connectivity index (χ3n) is 9.08. The number of rotatable bonds is 4. The van der Waals surface area contributed by atoms with Crippen LogP contribution in [0.25, 0.3) is 77.2 Å². The molecular weight excluding hydrogens is 595 g/mol. The maximum Gasteiger partial charge on any atom is 0.0992 e. The number of hydrogen-bond donors (Lipinski definition) is 0. The van der Waals surface area contributed by atoms with Gasteiger partial charge in [-0.05, 0) is 82.9 Å². The topological polar surface area (TPSA) is 33.6 Å². The summed E-state index contributed by atoms with van der Waals surface area (Å²) in [4.78, 5) is 0. The highest BCUT2D eigenvalue weighted by Gasteiger charge is 2.17. The normalized spacial score (nSPS) is 10.8. The van der Waals surface area contributed by atoms with Crippen molar-refractivity contribution in [2.75, 3.05) is 0 Å². The smallest absolute Gasteiger partial charge is 0.0992 e.